The van der Waals surface area contributed by atoms with Crippen molar-refractivity contribution < 1.29 is 0 Å². The molecule has 1 fully saturated rings. The average Bonchev–Trinajstić information content (AvgIpc) is 2.21. The maximum Gasteiger partial charge on any atom is 0.0206 e. The van der Waals surface area contributed by atoms with Crippen LogP contribution in [-0.2, 0) is 0 Å². The molecule has 1 saturated carbocycles. The number of thioether (sulfide) groups is 1. The molecular weight excluding hydrogens is 228 g/mol. The highest BCUT2D eigenvalue weighted by atomic mass is 32.2. The molecule has 0 aromatic rings. The first kappa shape index (κ1) is 15.3. The number of nitrogens with zero attached hydrogens (tertiary/aromatic N) is 1. The Labute approximate surface area is 112 Å². The van der Waals surface area contributed by atoms with E-state index in [0.29, 0.717) is 5.41 Å². The van der Waals surface area contributed by atoms with Crippen molar-refractivity contribution in [1.29, 1.82) is 0 Å². The molecule has 0 spiro atoms. The summed E-state index contributed by atoms with van der Waals surface area (Å²) in [6.45, 7) is 9.38. The van der Waals surface area contributed by atoms with Gasteiger partial charge in [0.15, 0.2) is 0 Å². The Kier molecular flexibility index (Phi) is 6.32. The van der Waals surface area contributed by atoms with Gasteiger partial charge in [0.2, 0.25) is 0 Å². The van der Waals surface area contributed by atoms with Gasteiger partial charge in [-0.3, -0.25) is 0 Å². The van der Waals surface area contributed by atoms with E-state index in [9.17, 15) is 0 Å². The van der Waals surface area contributed by atoms with Gasteiger partial charge in [-0.2, -0.15) is 11.8 Å². The third-order valence-corrected chi connectivity index (χ3v) is 5.01. The van der Waals surface area contributed by atoms with Crippen molar-refractivity contribution in [2.45, 2.75) is 51.3 Å². The summed E-state index contributed by atoms with van der Waals surface area (Å²) in [6.07, 6.45) is 4.08. The molecule has 17 heavy (non-hydrogen) atoms. The maximum absolute atomic E-state index is 3.68. The summed E-state index contributed by atoms with van der Waals surface area (Å²) >= 11 is 2.17. The molecule has 0 bridgehead atoms. The Balaban J connectivity index is 2.43. The van der Waals surface area contributed by atoms with Gasteiger partial charge in [0.1, 0.15) is 0 Å². The molecule has 1 rings (SSSR count). The summed E-state index contributed by atoms with van der Waals surface area (Å²) in [6, 6.07) is 0.736. The maximum atomic E-state index is 3.68. The smallest absolute Gasteiger partial charge is 0.0206 e. The van der Waals surface area contributed by atoms with Crippen molar-refractivity contribution in [3.63, 3.8) is 0 Å². The van der Waals surface area contributed by atoms with E-state index in [1.807, 2.05) is 0 Å². The minimum absolute atomic E-state index is 0.543. The van der Waals surface area contributed by atoms with E-state index in [0.717, 1.165) is 17.8 Å². The minimum Gasteiger partial charge on any atom is -0.313 e. The summed E-state index contributed by atoms with van der Waals surface area (Å²) < 4.78 is 0. The second kappa shape index (κ2) is 7.01. The lowest BCUT2D eigenvalue weighted by atomic mass is 9.75. The van der Waals surface area contributed by atoms with E-state index in [4.69, 9.17) is 0 Å². The van der Waals surface area contributed by atoms with Crippen molar-refractivity contribution in [3.8, 4) is 0 Å². The molecule has 3 heteroatoms. The highest BCUT2D eigenvalue weighted by Gasteiger charge is 2.34. The molecule has 0 radical (unpaired) electrons. The second-order valence-corrected chi connectivity index (χ2v) is 7.63. The monoisotopic (exact) mass is 258 g/mol. The van der Waals surface area contributed by atoms with Crippen molar-refractivity contribution in [3.05, 3.63) is 0 Å². The van der Waals surface area contributed by atoms with Gasteiger partial charge in [0, 0.05) is 23.6 Å². The van der Waals surface area contributed by atoms with Gasteiger partial charge in [-0.1, -0.05) is 20.8 Å². The fourth-order valence-electron chi connectivity index (χ4n) is 2.58. The number of rotatable bonds is 6. The van der Waals surface area contributed by atoms with Crippen LogP contribution >= 0.6 is 11.8 Å². The Bertz CT molecular complexity index is 216. The van der Waals surface area contributed by atoms with E-state index in [-0.39, 0.29) is 0 Å². The fourth-order valence-corrected chi connectivity index (χ4v) is 4.39. The third kappa shape index (κ3) is 5.62. The normalized spacial score (nSPS) is 28.6. The minimum atomic E-state index is 0.543. The zero-order valence-electron chi connectivity index (χ0n) is 12.3. The number of hydrogen-bond acceptors (Lipinski definition) is 3. The van der Waals surface area contributed by atoms with Crippen molar-refractivity contribution in [1.82, 2.24) is 10.2 Å². The van der Waals surface area contributed by atoms with Gasteiger partial charge >= 0.3 is 0 Å². The van der Waals surface area contributed by atoms with Gasteiger partial charge in [-0.05, 0) is 45.3 Å². The fraction of sp³-hybridized carbons (Fsp3) is 1.00. The molecule has 1 aliphatic rings. The summed E-state index contributed by atoms with van der Waals surface area (Å²) in [7, 11) is 4.32. The van der Waals surface area contributed by atoms with Gasteiger partial charge in [0.25, 0.3) is 0 Å². The first-order chi connectivity index (χ1) is 7.94. The summed E-state index contributed by atoms with van der Waals surface area (Å²) in [5, 5.41) is 4.48. The van der Waals surface area contributed by atoms with Gasteiger partial charge in [-0.25, -0.2) is 0 Å². The first-order valence-electron chi connectivity index (χ1n) is 6.94. The molecule has 2 unspecified atom stereocenters. The lowest BCUT2D eigenvalue weighted by Gasteiger charge is -2.41. The first-order valence-corrected chi connectivity index (χ1v) is 7.99. The van der Waals surface area contributed by atoms with Crippen LogP contribution in [0.3, 0.4) is 0 Å². The van der Waals surface area contributed by atoms with Crippen LogP contribution in [0.4, 0.5) is 0 Å². The Morgan fingerprint density at radius 1 is 1.35 bits per heavy atom. The van der Waals surface area contributed by atoms with E-state index in [2.05, 4.69) is 56.8 Å². The highest BCUT2D eigenvalue weighted by Crippen LogP contribution is 2.40. The molecular formula is C14H30N2S. The lowest BCUT2D eigenvalue weighted by molar-refractivity contribution is 0.215. The van der Waals surface area contributed by atoms with Gasteiger partial charge in [-0.15, -0.1) is 0 Å². The Morgan fingerprint density at radius 3 is 2.65 bits per heavy atom. The van der Waals surface area contributed by atoms with Crippen LogP contribution in [0.15, 0.2) is 0 Å². The van der Waals surface area contributed by atoms with E-state index >= 15 is 0 Å². The molecule has 1 N–H and O–H groups in total. The number of hydrogen-bond donors (Lipinski definition) is 1. The van der Waals surface area contributed by atoms with Gasteiger partial charge < -0.3 is 10.2 Å². The Hall–Kier alpha value is 0.270. The Morgan fingerprint density at radius 2 is 2.06 bits per heavy atom. The van der Waals surface area contributed by atoms with E-state index in [1.54, 1.807) is 0 Å². The molecule has 0 saturated heterocycles. The predicted molar refractivity (Wildman–Crippen MR) is 79.9 cm³/mol. The third-order valence-electron chi connectivity index (χ3n) is 3.67. The SMILES string of the molecule is CCNC1CCC(C)(C)CC1SCCN(C)C. The largest absolute Gasteiger partial charge is 0.313 e. The van der Waals surface area contributed by atoms with E-state index in [1.165, 1.54) is 31.6 Å². The van der Waals surface area contributed by atoms with Crippen LogP contribution < -0.4 is 5.32 Å². The molecule has 102 valence electrons. The highest BCUT2D eigenvalue weighted by molar-refractivity contribution is 8.00. The van der Waals surface area contributed by atoms with Crippen molar-refractivity contribution >= 4 is 11.8 Å². The number of nitrogens with one attached hydrogen (secondary N) is 1. The molecule has 2 atom stereocenters. The van der Waals surface area contributed by atoms with Gasteiger partial charge in [0.05, 0.1) is 0 Å². The van der Waals surface area contributed by atoms with Crippen LogP contribution in [0, 0.1) is 5.41 Å². The van der Waals surface area contributed by atoms with E-state index < -0.39 is 0 Å². The molecule has 0 heterocycles. The van der Waals surface area contributed by atoms with Crippen LogP contribution in [0.2, 0.25) is 0 Å². The summed E-state index contributed by atoms with van der Waals surface area (Å²) in [5.41, 5.74) is 0.543. The van der Waals surface area contributed by atoms with Crippen molar-refractivity contribution in [2.24, 2.45) is 5.41 Å². The average molecular weight is 258 g/mol. The zero-order valence-corrected chi connectivity index (χ0v) is 13.1. The molecule has 0 aromatic heterocycles. The van der Waals surface area contributed by atoms with Crippen LogP contribution in [0.25, 0.3) is 0 Å². The van der Waals surface area contributed by atoms with Crippen LogP contribution in [0.1, 0.15) is 40.0 Å². The zero-order chi connectivity index (χ0) is 12.9. The molecule has 1 aliphatic carbocycles. The van der Waals surface area contributed by atoms with Crippen molar-refractivity contribution in [2.75, 3.05) is 32.9 Å². The van der Waals surface area contributed by atoms with Crippen LogP contribution in [0.5, 0.6) is 0 Å². The second-order valence-electron chi connectivity index (χ2n) is 6.28. The lowest BCUT2D eigenvalue weighted by Crippen LogP contribution is -2.45. The summed E-state index contributed by atoms with van der Waals surface area (Å²) in [5.74, 6) is 1.26. The molecule has 2 nitrogen and oxygen atoms in total. The summed E-state index contributed by atoms with van der Waals surface area (Å²) in [4.78, 5) is 2.28. The quantitative estimate of drug-likeness (QED) is 0.789. The molecule has 0 aromatic carbocycles. The topological polar surface area (TPSA) is 15.3 Å². The standard InChI is InChI=1S/C14H30N2S/c1-6-15-12-7-8-14(2,3)11-13(12)17-10-9-16(4)5/h12-13,15H,6-11H2,1-5H3. The van der Waals surface area contributed by atoms with Crippen LogP contribution in [-0.4, -0.2) is 49.1 Å². The molecule has 0 amide bonds. The molecule has 0 aliphatic heterocycles. The predicted octanol–water partition coefficient (Wildman–Crippen LogP) is 2.84.